The van der Waals surface area contributed by atoms with E-state index in [0.717, 1.165) is 31.8 Å². The molecule has 2 fully saturated rings. The molecule has 2 aliphatic rings. The molecular formula is C14H27NO2. The first-order valence-electron chi connectivity index (χ1n) is 7.15. The van der Waals surface area contributed by atoms with Gasteiger partial charge in [0, 0.05) is 18.7 Å². The molecule has 0 amide bonds. The number of hydrogen-bond acceptors (Lipinski definition) is 3. The van der Waals surface area contributed by atoms with Gasteiger partial charge in [-0.05, 0) is 45.6 Å². The number of hydrogen-bond donors (Lipinski definition) is 1. The number of rotatable bonds is 3. The van der Waals surface area contributed by atoms with E-state index in [2.05, 4.69) is 25.8 Å². The van der Waals surface area contributed by atoms with E-state index in [1.54, 1.807) is 0 Å². The van der Waals surface area contributed by atoms with Crippen molar-refractivity contribution >= 4 is 0 Å². The fourth-order valence-corrected chi connectivity index (χ4v) is 3.52. The van der Waals surface area contributed by atoms with Crippen LogP contribution in [-0.4, -0.2) is 48.0 Å². The predicted octanol–water partition coefficient (Wildman–Crippen LogP) is 2.04. The van der Waals surface area contributed by atoms with Crippen molar-refractivity contribution in [2.24, 2.45) is 5.92 Å². The second-order valence-corrected chi connectivity index (χ2v) is 5.82. The van der Waals surface area contributed by atoms with Crippen LogP contribution in [0.2, 0.25) is 0 Å². The van der Waals surface area contributed by atoms with Crippen LogP contribution >= 0.6 is 0 Å². The summed E-state index contributed by atoms with van der Waals surface area (Å²) in [5.41, 5.74) is 0. The predicted molar refractivity (Wildman–Crippen MR) is 69.0 cm³/mol. The summed E-state index contributed by atoms with van der Waals surface area (Å²) in [6, 6.07) is 0.827. The summed E-state index contributed by atoms with van der Waals surface area (Å²) in [6.45, 7) is 5.29. The molecule has 17 heavy (non-hydrogen) atoms. The van der Waals surface area contributed by atoms with Crippen molar-refractivity contribution in [3.05, 3.63) is 0 Å². The van der Waals surface area contributed by atoms with Gasteiger partial charge in [0.15, 0.2) is 0 Å². The van der Waals surface area contributed by atoms with Crippen LogP contribution < -0.4 is 0 Å². The van der Waals surface area contributed by atoms with Gasteiger partial charge < -0.3 is 9.84 Å². The maximum Gasteiger partial charge on any atom is 0.0703 e. The SMILES string of the molecule is CCC1CCC(O)C(N(C)C2CCOC2C)C1. The summed E-state index contributed by atoms with van der Waals surface area (Å²) < 4.78 is 5.64. The van der Waals surface area contributed by atoms with Gasteiger partial charge in [-0.1, -0.05) is 13.3 Å². The topological polar surface area (TPSA) is 32.7 Å². The summed E-state index contributed by atoms with van der Waals surface area (Å²) in [5, 5.41) is 10.2. The molecule has 1 saturated carbocycles. The molecule has 0 spiro atoms. The minimum absolute atomic E-state index is 0.143. The van der Waals surface area contributed by atoms with Gasteiger partial charge in [-0.2, -0.15) is 0 Å². The average Bonchev–Trinajstić information content (AvgIpc) is 2.75. The molecule has 1 heterocycles. The third kappa shape index (κ3) is 2.83. The number of aliphatic hydroxyl groups excluding tert-OH is 1. The molecule has 0 aromatic carbocycles. The van der Waals surface area contributed by atoms with E-state index in [9.17, 15) is 5.11 Å². The molecule has 100 valence electrons. The average molecular weight is 241 g/mol. The maximum atomic E-state index is 10.2. The normalized spacial score (nSPS) is 43.2. The Morgan fingerprint density at radius 1 is 1.24 bits per heavy atom. The van der Waals surface area contributed by atoms with Crippen LogP contribution in [0.4, 0.5) is 0 Å². The molecule has 3 heteroatoms. The van der Waals surface area contributed by atoms with Gasteiger partial charge in [0.05, 0.1) is 12.2 Å². The smallest absolute Gasteiger partial charge is 0.0703 e. The van der Waals surface area contributed by atoms with E-state index in [-0.39, 0.29) is 6.10 Å². The quantitative estimate of drug-likeness (QED) is 0.820. The van der Waals surface area contributed by atoms with E-state index in [4.69, 9.17) is 4.74 Å². The maximum absolute atomic E-state index is 10.2. The van der Waals surface area contributed by atoms with Crippen LogP contribution in [0, 0.1) is 5.92 Å². The van der Waals surface area contributed by atoms with Crippen LogP contribution in [0.3, 0.4) is 0 Å². The van der Waals surface area contributed by atoms with Crippen molar-refractivity contribution in [2.45, 2.75) is 70.2 Å². The highest BCUT2D eigenvalue weighted by molar-refractivity contribution is 4.91. The lowest BCUT2D eigenvalue weighted by Crippen LogP contribution is -2.51. The lowest BCUT2D eigenvalue weighted by Gasteiger charge is -2.42. The van der Waals surface area contributed by atoms with E-state index >= 15 is 0 Å². The molecular weight excluding hydrogens is 214 g/mol. The molecule has 0 aromatic rings. The summed E-state index contributed by atoms with van der Waals surface area (Å²) in [7, 11) is 2.17. The molecule has 1 aliphatic carbocycles. The second-order valence-electron chi connectivity index (χ2n) is 5.82. The Morgan fingerprint density at radius 3 is 2.59 bits per heavy atom. The minimum Gasteiger partial charge on any atom is -0.391 e. The summed E-state index contributed by atoms with van der Waals surface area (Å²) in [4.78, 5) is 2.39. The van der Waals surface area contributed by atoms with Gasteiger partial charge >= 0.3 is 0 Å². The van der Waals surface area contributed by atoms with Crippen LogP contribution in [0.5, 0.6) is 0 Å². The number of likely N-dealkylation sites (N-methyl/N-ethyl adjacent to an activating group) is 1. The van der Waals surface area contributed by atoms with Crippen LogP contribution in [0.25, 0.3) is 0 Å². The van der Waals surface area contributed by atoms with Crippen LogP contribution in [-0.2, 0) is 4.74 Å². The second kappa shape index (κ2) is 5.68. The lowest BCUT2D eigenvalue weighted by molar-refractivity contribution is -0.0181. The van der Waals surface area contributed by atoms with E-state index in [0.29, 0.717) is 18.2 Å². The highest BCUT2D eigenvalue weighted by Crippen LogP contribution is 2.32. The lowest BCUT2D eigenvalue weighted by atomic mass is 9.81. The minimum atomic E-state index is -0.143. The van der Waals surface area contributed by atoms with Crippen molar-refractivity contribution in [1.29, 1.82) is 0 Å². The molecule has 5 atom stereocenters. The van der Waals surface area contributed by atoms with Crippen molar-refractivity contribution in [3.8, 4) is 0 Å². The van der Waals surface area contributed by atoms with Crippen molar-refractivity contribution in [3.63, 3.8) is 0 Å². The van der Waals surface area contributed by atoms with E-state index < -0.39 is 0 Å². The fraction of sp³-hybridized carbons (Fsp3) is 1.00. The Labute approximate surface area is 105 Å². The van der Waals surface area contributed by atoms with Gasteiger partial charge in [-0.15, -0.1) is 0 Å². The molecule has 1 aliphatic heterocycles. The third-order valence-corrected chi connectivity index (χ3v) is 4.85. The van der Waals surface area contributed by atoms with Gasteiger partial charge in [0.1, 0.15) is 0 Å². The largest absolute Gasteiger partial charge is 0.391 e. The Morgan fingerprint density at radius 2 is 2.00 bits per heavy atom. The molecule has 1 saturated heterocycles. The third-order valence-electron chi connectivity index (χ3n) is 4.85. The van der Waals surface area contributed by atoms with E-state index in [1.165, 1.54) is 12.8 Å². The van der Waals surface area contributed by atoms with Crippen LogP contribution in [0.1, 0.15) is 46.0 Å². The van der Waals surface area contributed by atoms with Crippen molar-refractivity contribution < 1.29 is 9.84 Å². The fourth-order valence-electron chi connectivity index (χ4n) is 3.52. The Balaban J connectivity index is 1.98. The molecule has 1 N–H and O–H groups in total. The Bertz CT molecular complexity index is 246. The van der Waals surface area contributed by atoms with Gasteiger partial charge in [-0.25, -0.2) is 0 Å². The molecule has 2 rings (SSSR count). The molecule has 3 nitrogen and oxygen atoms in total. The summed E-state index contributed by atoms with van der Waals surface area (Å²) in [6.07, 6.45) is 5.83. The Hall–Kier alpha value is -0.120. The Kier molecular flexibility index (Phi) is 4.45. The first-order chi connectivity index (χ1) is 8.13. The first-order valence-corrected chi connectivity index (χ1v) is 7.15. The van der Waals surface area contributed by atoms with Gasteiger partial charge in [0.25, 0.3) is 0 Å². The summed E-state index contributed by atoms with van der Waals surface area (Å²) >= 11 is 0. The highest BCUT2D eigenvalue weighted by Gasteiger charge is 2.37. The zero-order chi connectivity index (χ0) is 12.4. The monoisotopic (exact) mass is 241 g/mol. The zero-order valence-corrected chi connectivity index (χ0v) is 11.4. The van der Waals surface area contributed by atoms with Crippen molar-refractivity contribution in [2.75, 3.05) is 13.7 Å². The standard InChI is InChI=1S/C14H27NO2/c1-4-11-5-6-14(16)13(9-11)15(3)12-7-8-17-10(12)2/h10-14,16H,4-9H2,1-3H3. The van der Waals surface area contributed by atoms with Gasteiger partial charge in [0.2, 0.25) is 0 Å². The van der Waals surface area contributed by atoms with Gasteiger partial charge in [-0.3, -0.25) is 4.90 Å². The van der Waals surface area contributed by atoms with Crippen LogP contribution in [0.15, 0.2) is 0 Å². The van der Waals surface area contributed by atoms with Crippen molar-refractivity contribution in [1.82, 2.24) is 4.90 Å². The highest BCUT2D eigenvalue weighted by atomic mass is 16.5. The first kappa shape index (κ1) is 13.3. The molecule has 5 unspecified atom stereocenters. The molecule has 0 radical (unpaired) electrons. The van der Waals surface area contributed by atoms with E-state index in [1.807, 2.05) is 0 Å². The molecule has 0 bridgehead atoms. The number of aliphatic hydroxyl groups is 1. The molecule has 0 aromatic heterocycles. The number of ether oxygens (including phenoxy) is 1. The zero-order valence-electron chi connectivity index (χ0n) is 11.4. The number of nitrogens with zero attached hydrogens (tertiary/aromatic N) is 1. The summed E-state index contributed by atoms with van der Waals surface area (Å²) in [5.74, 6) is 0.795.